The van der Waals surface area contributed by atoms with Crippen LogP contribution in [0.1, 0.15) is 45.2 Å². The largest absolute Gasteiger partial charge is 0.480 e. The lowest BCUT2D eigenvalue weighted by Gasteiger charge is -2.29. The normalized spacial score (nSPS) is 17.4. The molecule has 0 saturated carbocycles. The third-order valence-electron chi connectivity index (χ3n) is 8.00. The Labute approximate surface area is 285 Å². The number of carboxylic acid groups (broad SMARTS) is 1. The lowest BCUT2D eigenvalue weighted by Crippen LogP contribution is -2.57. The number of alkyl carbamates (subject to hydrolysis) is 1. The third-order valence-corrected chi connectivity index (χ3v) is 8.00. The Kier molecular flexibility index (Phi) is 12.2. The van der Waals surface area contributed by atoms with Crippen LogP contribution in [0.4, 0.5) is 9.18 Å². The molecule has 1 fully saturated rings. The summed E-state index contributed by atoms with van der Waals surface area (Å²) < 4.78 is 27.3. The van der Waals surface area contributed by atoms with E-state index in [1.54, 1.807) is 37.6 Å². The second kappa shape index (κ2) is 16.3. The molecule has 3 amide bonds. The van der Waals surface area contributed by atoms with Gasteiger partial charge in [0.05, 0.1) is 19.3 Å². The summed E-state index contributed by atoms with van der Waals surface area (Å²) in [7, 11) is 0. The lowest BCUT2D eigenvalue weighted by molar-refractivity contribution is -0.153. The van der Waals surface area contributed by atoms with Crippen LogP contribution in [0.25, 0.3) is 10.9 Å². The van der Waals surface area contributed by atoms with Crippen LogP contribution in [0.5, 0.6) is 0 Å². The van der Waals surface area contributed by atoms with Gasteiger partial charge in [-0.3, -0.25) is 9.59 Å². The number of fused-ring (bicyclic) bond motifs is 1. The number of allylic oxidation sites excluding steroid dienone is 1. The van der Waals surface area contributed by atoms with Crippen LogP contribution in [-0.4, -0.2) is 81.4 Å². The van der Waals surface area contributed by atoms with Crippen molar-refractivity contribution in [2.45, 2.75) is 83.3 Å². The maximum absolute atomic E-state index is 14.4. The monoisotopic (exact) mass is 674 g/mol. The number of terminal acetylenes is 1. The molecule has 1 aliphatic rings. The van der Waals surface area contributed by atoms with Crippen LogP contribution in [-0.2, 0) is 43.2 Å². The van der Waals surface area contributed by atoms with Gasteiger partial charge >= 0.3 is 12.1 Å². The van der Waals surface area contributed by atoms with E-state index in [0.29, 0.717) is 22.9 Å². The molecule has 0 spiro atoms. The third kappa shape index (κ3) is 9.93. The first kappa shape index (κ1) is 36.7. The fourth-order valence-electron chi connectivity index (χ4n) is 5.76. The summed E-state index contributed by atoms with van der Waals surface area (Å²) in [6.07, 6.45) is 10.2. The van der Waals surface area contributed by atoms with E-state index >= 15 is 0 Å². The molecule has 3 aromatic rings. The Morgan fingerprint density at radius 2 is 1.86 bits per heavy atom. The van der Waals surface area contributed by atoms with Gasteiger partial charge in [0.25, 0.3) is 0 Å². The molecule has 12 heteroatoms. The van der Waals surface area contributed by atoms with Crippen LogP contribution in [0.2, 0.25) is 0 Å². The number of carbonyl (C=O) groups is 4. The van der Waals surface area contributed by atoms with Gasteiger partial charge in [0.1, 0.15) is 23.5 Å². The highest BCUT2D eigenvalue weighted by molar-refractivity contribution is 5.94. The molecule has 0 aliphatic carbocycles. The van der Waals surface area contributed by atoms with Crippen molar-refractivity contribution in [3.05, 3.63) is 83.8 Å². The number of hydrogen-bond acceptors (Lipinski definition) is 6. The van der Waals surface area contributed by atoms with Crippen LogP contribution in [0.15, 0.2) is 66.9 Å². The number of likely N-dealkylation sites (tertiary alicyclic amines) is 1. The summed E-state index contributed by atoms with van der Waals surface area (Å²) in [6.45, 7) is 6.86. The highest BCUT2D eigenvalue weighted by atomic mass is 19.1. The molecule has 1 aliphatic heterocycles. The summed E-state index contributed by atoms with van der Waals surface area (Å²) >= 11 is 0. The van der Waals surface area contributed by atoms with Crippen molar-refractivity contribution in [1.82, 2.24) is 20.1 Å². The van der Waals surface area contributed by atoms with E-state index in [-0.39, 0.29) is 32.5 Å². The first-order chi connectivity index (χ1) is 23.3. The molecule has 49 heavy (non-hydrogen) atoms. The number of hydrogen-bond donors (Lipinski definition) is 3. The molecular weight excluding hydrogens is 631 g/mol. The fraction of sp³-hybridized carbons (Fsp3) is 0.405. The predicted molar refractivity (Wildman–Crippen MR) is 182 cm³/mol. The number of ether oxygens (including phenoxy) is 2. The Bertz CT molecular complexity index is 1720. The van der Waals surface area contributed by atoms with E-state index in [4.69, 9.17) is 15.9 Å². The van der Waals surface area contributed by atoms with Crippen molar-refractivity contribution in [3.63, 3.8) is 0 Å². The molecule has 1 aromatic heterocycles. The molecule has 0 bridgehead atoms. The minimum absolute atomic E-state index is 0.0692. The second-order valence-corrected chi connectivity index (χ2v) is 12.9. The Hall–Kier alpha value is -5.15. The van der Waals surface area contributed by atoms with E-state index in [2.05, 4.69) is 16.6 Å². The maximum Gasteiger partial charge on any atom is 0.408 e. The summed E-state index contributed by atoms with van der Waals surface area (Å²) in [5.74, 6) is -0.565. The minimum atomic E-state index is -1.31. The van der Waals surface area contributed by atoms with Crippen molar-refractivity contribution in [1.29, 1.82) is 0 Å². The zero-order valence-corrected chi connectivity index (χ0v) is 28.1. The average molecular weight is 675 g/mol. The molecule has 2 aromatic carbocycles. The van der Waals surface area contributed by atoms with Gasteiger partial charge in [-0.2, -0.15) is 0 Å². The highest BCUT2D eigenvalue weighted by Gasteiger charge is 2.45. The van der Waals surface area contributed by atoms with Gasteiger partial charge < -0.3 is 34.7 Å². The first-order valence-electron chi connectivity index (χ1n) is 16.1. The van der Waals surface area contributed by atoms with Crippen LogP contribution in [0.3, 0.4) is 0 Å². The minimum Gasteiger partial charge on any atom is -0.480 e. The first-order valence-corrected chi connectivity index (χ1v) is 16.1. The number of carbonyl (C=O) groups excluding carboxylic acids is 3. The number of carboxylic acids is 1. The van der Waals surface area contributed by atoms with E-state index in [1.165, 1.54) is 24.0 Å². The molecule has 4 atom stereocenters. The smallest absolute Gasteiger partial charge is 0.408 e. The zero-order valence-electron chi connectivity index (χ0n) is 28.1. The molecule has 2 heterocycles. The summed E-state index contributed by atoms with van der Waals surface area (Å²) in [4.78, 5) is 53.7. The fourth-order valence-corrected chi connectivity index (χ4v) is 5.76. The number of halogens is 1. The summed E-state index contributed by atoms with van der Waals surface area (Å²) in [6, 6.07) is 10.3. The van der Waals surface area contributed by atoms with Gasteiger partial charge in [-0.15, -0.1) is 6.42 Å². The summed E-state index contributed by atoms with van der Waals surface area (Å²) in [5.41, 5.74) is 1.45. The molecular formula is C37H43FN4O7. The van der Waals surface area contributed by atoms with Gasteiger partial charge in [0.2, 0.25) is 11.8 Å². The molecule has 11 nitrogen and oxygen atoms in total. The van der Waals surface area contributed by atoms with E-state index in [9.17, 15) is 28.7 Å². The van der Waals surface area contributed by atoms with Gasteiger partial charge in [-0.05, 0) is 69.9 Å². The number of aliphatic carboxylic acids is 1. The topological polar surface area (TPSA) is 139 Å². The van der Waals surface area contributed by atoms with Crippen LogP contribution < -0.4 is 10.6 Å². The van der Waals surface area contributed by atoms with Gasteiger partial charge in [0.15, 0.2) is 6.04 Å². The number of rotatable bonds is 13. The molecule has 0 radical (unpaired) electrons. The van der Waals surface area contributed by atoms with Crippen molar-refractivity contribution in [2.24, 2.45) is 0 Å². The number of nitrogens with zero attached hydrogens (tertiary/aromatic N) is 2. The lowest BCUT2D eigenvalue weighted by atomic mass is 10.0. The molecule has 4 rings (SSSR count). The Morgan fingerprint density at radius 3 is 2.53 bits per heavy atom. The van der Waals surface area contributed by atoms with Crippen molar-refractivity contribution >= 4 is 34.8 Å². The highest BCUT2D eigenvalue weighted by Crippen LogP contribution is 2.27. The maximum atomic E-state index is 14.4. The van der Waals surface area contributed by atoms with Crippen LogP contribution >= 0.6 is 0 Å². The summed E-state index contributed by atoms with van der Waals surface area (Å²) in [5, 5.41) is 15.9. The standard InChI is InChI=1S/C37H43FN4O7/c1-6-18-41-23-26(28-22-27(38)15-16-30(28)41)21-29(40-33(43)24(2)39-36(47)49-37(3,4)5)34(44)42-19-17-31(32(42)35(45)46)48-20-11-10-14-25-12-8-7-9-13-25/h1,7-13,15-16,22-24,29,31-32H,14,17-21H2,2-5H3,(H,39,47)(H,40,43)(H,45,46)/b11-10+/t24-,29-,31?,32-/m0/s1. The number of aromatic nitrogens is 1. The van der Waals surface area contributed by atoms with Crippen molar-refractivity contribution in [2.75, 3.05) is 13.2 Å². The van der Waals surface area contributed by atoms with Crippen molar-refractivity contribution in [3.8, 4) is 12.3 Å². The van der Waals surface area contributed by atoms with Crippen molar-refractivity contribution < 1.29 is 38.1 Å². The quantitative estimate of drug-likeness (QED) is 0.182. The second-order valence-electron chi connectivity index (χ2n) is 12.9. The zero-order chi connectivity index (χ0) is 35.7. The average Bonchev–Trinajstić information content (AvgIpc) is 3.61. The van der Waals surface area contributed by atoms with Gasteiger partial charge in [0, 0.05) is 30.1 Å². The Morgan fingerprint density at radius 1 is 1.12 bits per heavy atom. The molecule has 1 saturated heterocycles. The van der Waals surface area contributed by atoms with Crippen LogP contribution in [0, 0.1) is 18.2 Å². The van der Waals surface area contributed by atoms with Gasteiger partial charge in [-0.25, -0.2) is 14.0 Å². The molecule has 1 unspecified atom stereocenters. The SMILES string of the molecule is C#CCn1cc(C[C@H](NC(=O)[C@H](C)NC(=O)OC(C)(C)C)C(=O)N2CCC(OC/C=C/Cc3ccccc3)[C@H]2C(=O)O)c2cc(F)ccc21. The number of nitrogens with one attached hydrogen (secondary N) is 2. The molecule has 260 valence electrons. The predicted octanol–water partition coefficient (Wildman–Crippen LogP) is 4.22. The number of benzene rings is 2. The van der Waals surface area contributed by atoms with E-state index in [0.717, 1.165) is 5.56 Å². The van der Waals surface area contributed by atoms with Gasteiger partial charge in [-0.1, -0.05) is 48.4 Å². The van der Waals surface area contributed by atoms with E-state index < -0.39 is 59.5 Å². The molecule has 3 N–H and O–H groups in total. The Balaban J connectivity index is 1.56. The van der Waals surface area contributed by atoms with E-state index in [1.807, 2.05) is 42.5 Å². The number of amides is 3.